The van der Waals surface area contributed by atoms with Gasteiger partial charge >= 0.3 is 0 Å². The Hall–Kier alpha value is -1.06. The molecule has 0 aromatic heterocycles. The summed E-state index contributed by atoms with van der Waals surface area (Å²) in [7, 11) is 1.62. The van der Waals surface area contributed by atoms with E-state index >= 15 is 0 Å². The van der Waals surface area contributed by atoms with Crippen molar-refractivity contribution in [2.24, 2.45) is 10.9 Å². The van der Waals surface area contributed by atoms with Gasteiger partial charge in [-0.3, -0.25) is 4.99 Å². The third-order valence-electron chi connectivity index (χ3n) is 3.48. The standard InChI is InChI=1S/C19H33N3O3.HI/c1-5-20-19(21-11-6-12-25-14-15(2)3)22-13-18(23)16-7-9-17(24-4)10-8-16;/h7-10,15,18,23H,5-6,11-14H2,1-4H3,(H2,20,21,22);1H. The zero-order chi connectivity index (χ0) is 18.5. The normalized spacial score (nSPS) is 12.5. The Morgan fingerprint density at radius 1 is 1.19 bits per heavy atom. The number of aliphatic hydroxyl groups is 1. The van der Waals surface area contributed by atoms with E-state index in [0.29, 0.717) is 18.4 Å². The van der Waals surface area contributed by atoms with Crippen molar-refractivity contribution in [3.8, 4) is 5.75 Å². The number of benzene rings is 1. The SMILES string of the molecule is CCNC(=NCC(O)c1ccc(OC)cc1)NCCCOCC(C)C.I. The minimum absolute atomic E-state index is 0. The van der Waals surface area contributed by atoms with Crippen LogP contribution in [0, 0.1) is 5.92 Å². The minimum Gasteiger partial charge on any atom is -0.497 e. The molecule has 3 N–H and O–H groups in total. The topological polar surface area (TPSA) is 75.1 Å². The summed E-state index contributed by atoms with van der Waals surface area (Å²) in [5.41, 5.74) is 0.822. The molecule has 0 aliphatic carbocycles. The Morgan fingerprint density at radius 2 is 1.88 bits per heavy atom. The van der Waals surface area contributed by atoms with Crippen LogP contribution in [-0.4, -0.2) is 51.0 Å². The summed E-state index contributed by atoms with van der Waals surface area (Å²) in [5.74, 6) is 2.04. The second-order valence-electron chi connectivity index (χ2n) is 6.26. The third-order valence-corrected chi connectivity index (χ3v) is 3.48. The number of hydrogen-bond donors (Lipinski definition) is 3. The predicted octanol–water partition coefficient (Wildman–Crippen LogP) is 2.96. The molecule has 0 bridgehead atoms. The fraction of sp³-hybridized carbons (Fsp3) is 0.632. The number of ether oxygens (including phenoxy) is 2. The molecule has 6 nitrogen and oxygen atoms in total. The highest BCUT2D eigenvalue weighted by Gasteiger charge is 2.07. The van der Waals surface area contributed by atoms with E-state index in [1.807, 2.05) is 31.2 Å². The first-order chi connectivity index (χ1) is 12.1. The van der Waals surface area contributed by atoms with Gasteiger partial charge in [0.2, 0.25) is 0 Å². The Balaban J connectivity index is 0.00000625. The number of nitrogens with one attached hydrogen (secondary N) is 2. The molecule has 0 radical (unpaired) electrons. The van der Waals surface area contributed by atoms with Gasteiger partial charge in [-0.15, -0.1) is 24.0 Å². The molecule has 0 saturated heterocycles. The highest BCUT2D eigenvalue weighted by atomic mass is 127. The molecule has 1 aromatic rings. The molecule has 7 heteroatoms. The van der Waals surface area contributed by atoms with Crippen LogP contribution in [0.15, 0.2) is 29.3 Å². The fourth-order valence-electron chi connectivity index (χ4n) is 2.15. The number of guanidine groups is 1. The molecular weight excluding hydrogens is 445 g/mol. The monoisotopic (exact) mass is 479 g/mol. The van der Waals surface area contributed by atoms with Gasteiger partial charge in [-0.1, -0.05) is 26.0 Å². The predicted molar refractivity (Wildman–Crippen MR) is 118 cm³/mol. The first-order valence-corrected chi connectivity index (χ1v) is 8.98. The highest BCUT2D eigenvalue weighted by Crippen LogP contribution is 2.17. The van der Waals surface area contributed by atoms with Crippen LogP contribution in [-0.2, 0) is 4.74 Å². The zero-order valence-corrected chi connectivity index (χ0v) is 18.7. The van der Waals surface area contributed by atoms with Gasteiger partial charge < -0.3 is 25.2 Å². The van der Waals surface area contributed by atoms with Crippen molar-refractivity contribution in [3.05, 3.63) is 29.8 Å². The number of hydrogen-bond acceptors (Lipinski definition) is 4. The van der Waals surface area contributed by atoms with E-state index in [0.717, 1.165) is 44.0 Å². The maximum absolute atomic E-state index is 10.3. The zero-order valence-electron chi connectivity index (χ0n) is 16.3. The summed E-state index contributed by atoms with van der Waals surface area (Å²) >= 11 is 0. The largest absolute Gasteiger partial charge is 0.497 e. The number of rotatable bonds is 11. The van der Waals surface area contributed by atoms with Gasteiger partial charge in [0.05, 0.1) is 19.8 Å². The van der Waals surface area contributed by atoms with Gasteiger partial charge in [-0.25, -0.2) is 0 Å². The summed E-state index contributed by atoms with van der Waals surface area (Å²) in [6.45, 7) is 9.68. The number of nitrogens with zero attached hydrogens (tertiary/aromatic N) is 1. The van der Waals surface area contributed by atoms with Crippen molar-refractivity contribution in [1.82, 2.24) is 10.6 Å². The van der Waals surface area contributed by atoms with Crippen molar-refractivity contribution < 1.29 is 14.6 Å². The van der Waals surface area contributed by atoms with E-state index in [1.54, 1.807) is 7.11 Å². The van der Waals surface area contributed by atoms with E-state index in [1.165, 1.54) is 0 Å². The van der Waals surface area contributed by atoms with E-state index in [2.05, 4.69) is 29.5 Å². The van der Waals surface area contributed by atoms with E-state index in [4.69, 9.17) is 9.47 Å². The van der Waals surface area contributed by atoms with Crippen LogP contribution in [0.5, 0.6) is 5.75 Å². The van der Waals surface area contributed by atoms with Crippen molar-refractivity contribution in [1.29, 1.82) is 0 Å². The van der Waals surface area contributed by atoms with Crippen molar-refractivity contribution in [3.63, 3.8) is 0 Å². The molecule has 1 rings (SSSR count). The quantitative estimate of drug-likeness (QED) is 0.197. The molecule has 26 heavy (non-hydrogen) atoms. The lowest BCUT2D eigenvalue weighted by Gasteiger charge is -2.14. The number of halogens is 1. The molecule has 0 saturated carbocycles. The molecule has 0 fully saturated rings. The molecule has 0 amide bonds. The fourth-order valence-corrected chi connectivity index (χ4v) is 2.15. The van der Waals surface area contributed by atoms with Crippen LogP contribution in [0.1, 0.15) is 38.9 Å². The summed E-state index contributed by atoms with van der Waals surface area (Å²) in [6, 6.07) is 7.38. The van der Waals surface area contributed by atoms with Crippen molar-refractivity contribution >= 4 is 29.9 Å². The van der Waals surface area contributed by atoms with E-state index < -0.39 is 6.10 Å². The Bertz CT molecular complexity index is 495. The summed E-state index contributed by atoms with van der Waals surface area (Å²) in [6.07, 6.45) is 0.272. The number of aliphatic hydroxyl groups excluding tert-OH is 1. The minimum atomic E-state index is -0.643. The van der Waals surface area contributed by atoms with Crippen LogP contribution in [0.25, 0.3) is 0 Å². The molecule has 0 heterocycles. The van der Waals surface area contributed by atoms with Gasteiger partial charge in [-0.05, 0) is 37.0 Å². The average Bonchev–Trinajstić information content (AvgIpc) is 2.62. The van der Waals surface area contributed by atoms with Crippen LogP contribution in [0.2, 0.25) is 0 Å². The summed E-state index contributed by atoms with van der Waals surface area (Å²) in [5, 5.41) is 16.7. The number of methoxy groups -OCH3 is 1. The van der Waals surface area contributed by atoms with Gasteiger partial charge in [0.25, 0.3) is 0 Å². The van der Waals surface area contributed by atoms with Gasteiger partial charge in [-0.2, -0.15) is 0 Å². The molecular formula is C19H34IN3O3. The van der Waals surface area contributed by atoms with Gasteiger partial charge in [0.15, 0.2) is 5.96 Å². The van der Waals surface area contributed by atoms with Crippen LogP contribution in [0.4, 0.5) is 0 Å². The first-order valence-electron chi connectivity index (χ1n) is 8.98. The number of aliphatic imine (C=N–C) groups is 1. The molecule has 0 aliphatic rings. The lowest BCUT2D eigenvalue weighted by atomic mass is 10.1. The van der Waals surface area contributed by atoms with Crippen molar-refractivity contribution in [2.45, 2.75) is 33.3 Å². The highest BCUT2D eigenvalue weighted by molar-refractivity contribution is 14.0. The van der Waals surface area contributed by atoms with Gasteiger partial charge in [0.1, 0.15) is 5.75 Å². The Kier molecular flexibility index (Phi) is 14.4. The van der Waals surface area contributed by atoms with E-state index in [9.17, 15) is 5.11 Å². The smallest absolute Gasteiger partial charge is 0.191 e. The summed E-state index contributed by atoms with van der Waals surface area (Å²) in [4.78, 5) is 4.45. The summed E-state index contributed by atoms with van der Waals surface area (Å²) < 4.78 is 10.7. The molecule has 0 spiro atoms. The lowest BCUT2D eigenvalue weighted by molar-refractivity contribution is 0.108. The first kappa shape index (κ1) is 24.9. The molecule has 0 aliphatic heterocycles. The average molecular weight is 479 g/mol. The lowest BCUT2D eigenvalue weighted by Crippen LogP contribution is -2.38. The van der Waals surface area contributed by atoms with Crippen LogP contribution in [0.3, 0.4) is 0 Å². The maximum Gasteiger partial charge on any atom is 0.191 e. The van der Waals surface area contributed by atoms with Crippen LogP contribution >= 0.6 is 24.0 Å². The maximum atomic E-state index is 10.3. The second-order valence-corrected chi connectivity index (χ2v) is 6.26. The van der Waals surface area contributed by atoms with Crippen LogP contribution < -0.4 is 15.4 Å². The molecule has 1 aromatic carbocycles. The Labute approximate surface area is 174 Å². The van der Waals surface area contributed by atoms with Crippen molar-refractivity contribution in [2.75, 3.05) is 40.0 Å². The third kappa shape index (κ3) is 10.8. The Morgan fingerprint density at radius 3 is 2.46 bits per heavy atom. The van der Waals surface area contributed by atoms with Gasteiger partial charge in [0, 0.05) is 26.3 Å². The molecule has 1 atom stereocenters. The second kappa shape index (κ2) is 15.0. The molecule has 1 unspecified atom stereocenters. The van der Waals surface area contributed by atoms with E-state index in [-0.39, 0.29) is 24.0 Å². The molecule has 150 valence electrons.